The van der Waals surface area contributed by atoms with Gasteiger partial charge >= 0.3 is 0 Å². The van der Waals surface area contributed by atoms with Crippen LogP contribution in [-0.4, -0.2) is 12.5 Å². The van der Waals surface area contributed by atoms with E-state index in [1.807, 2.05) is 38.1 Å². The van der Waals surface area contributed by atoms with E-state index in [9.17, 15) is 4.79 Å². The zero-order valence-corrected chi connectivity index (χ0v) is 8.99. The first kappa shape index (κ1) is 11.3. The minimum atomic E-state index is -0.188. The smallest absolute Gasteiger partial charge is 0.251 e. The van der Waals surface area contributed by atoms with Gasteiger partial charge < -0.3 is 10.1 Å². The number of aryl methyl sites for hydroxylation is 1. The number of carbonyl (C=O) groups excluding carboxylic acids is 1. The molecule has 1 aromatic rings. The van der Waals surface area contributed by atoms with Crippen molar-refractivity contribution in [3.63, 3.8) is 0 Å². The summed E-state index contributed by atoms with van der Waals surface area (Å²) in [5.74, 6) is -0.188. The Labute approximate surface area is 89.8 Å². The summed E-state index contributed by atoms with van der Waals surface area (Å²) < 4.78 is 4.92. The van der Waals surface area contributed by atoms with Gasteiger partial charge in [0.2, 0.25) is 0 Å². The van der Waals surface area contributed by atoms with Crippen LogP contribution in [-0.2, 0) is 9.53 Å². The van der Waals surface area contributed by atoms with Crippen LogP contribution in [0.2, 0.25) is 0 Å². The third kappa shape index (κ3) is 4.31. The monoisotopic (exact) mass is 205 g/mol. The van der Waals surface area contributed by atoms with Crippen molar-refractivity contribution in [2.75, 3.05) is 11.9 Å². The number of hydrogen-bond donors (Lipinski definition) is 1. The zero-order chi connectivity index (χ0) is 11.1. The molecule has 1 amide bonds. The molecule has 3 nitrogen and oxygen atoms in total. The molecule has 0 saturated carbocycles. The maximum absolute atomic E-state index is 11.3. The lowest BCUT2D eigenvalue weighted by Gasteiger charge is -2.01. The second-order valence-electron chi connectivity index (χ2n) is 3.11. The Hall–Kier alpha value is -1.77. The van der Waals surface area contributed by atoms with Crippen LogP contribution in [0.4, 0.5) is 5.69 Å². The Morgan fingerprint density at radius 2 is 2.07 bits per heavy atom. The van der Waals surface area contributed by atoms with Crippen molar-refractivity contribution in [1.29, 1.82) is 0 Å². The quantitative estimate of drug-likeness (QED) is 0.605. The highest BCUT2D eigenvalue weighted by molar-refractivity contribution is 5.99. The van der Waals surface area contributed by atoms with Crippen LogP contribution in [0, 0.1) is 6.92 Å². The molecule has 0 aliphatic rings. The molecule has 0 aliphatic carbocycles. The lowest BCUT2D eigenvalue weighted by Crippen LogP contribution is -2.07. The maximum Gasteiger partial charge on any atom is 0.251 e. The number of amides is 1. The summed E-state index contributed by atoms with van der Waals surface area (Å²) in [7, 11) is 0. The van der Waals surface area contributed by atoms with Gasteiger partial charge in [-0.25, -0.2) is 0 Å². The summed E-state index contributed by atoms with van der Waals surface area (Å²) in [4.78, 5) is 11.3. The molecule has 1 aromatic carbocycles. The Morgan fingerprint density at radius 1 is 1.40 bits per heavy atom. The second-order valence-corrected chi connectivity index (χ2v) is 3.11. The van der Waals surface area contributed by atoms with Crippen molar-refractivity contribution in [2.24, 2.45) is 0 Å². The van der Waals surface area contributed by atoms with Gasteiger partial charge in [-0.3, -0.25) is 4.79 Å². The van der Waals surface area contributed by atoms with Crippen molar-refractivity contribution in [3.05, 3.63) is 42.2 Å². The highest BCUT2D eigenvalue weighted by atomic mass is 16.5. The fraction of sp³-hybridized carbons (Fsp3) is 0.250. The van der Waals surface area contributed by atoms with E-state index >= 15 is 0 Å². The Bertz CT molecular complexity index is 341. The molecular formula is C12H15NO2. The molecule has 80 valence electrons. The van der Waals surface area contributed by atoms with E-state index < -0.39 is 0 Å². The SMILES string of the molecule is CCO/C=C\C(=O)Nc1ccc(C)cc1. The number of benzene rings is 1. The second kappa shape index (κ2) is 5.86. The van der Waals surface area contributed by atoms with Crippen LogP contribution < -0.4 is 5.32 Å². The highest BCUT2D eigenvalue weighted by Crippen LogP contribution is 2.08. The first-order valence-electron chi connectivity index (χ1n) is 4.88. The largest absolute Gasteiger partial charge is 0.501 e. The third-order valence-corrected chi connectivity index (χ3v) is 1.80. The first-order chi connectivity index (χ1) is 7.22. The number of ether oxygens (including phenoxy) is 1. The Kier molecular flexibility index (Phi) is 4.41. The number of hydrogen-bond acceptors (Lipinski definition) is 2. The Balaban J connectivity index is 2.48. The lowest BCUT2D eigenvalue weighted by molar-refractivity contribution is -0.112. The van der Waals surface area contributed by atoms with Gasteiger partial charge in [0, 0.05) is 11.8 Å². The molecule has 0 radical (unpaired) electrons. The molecule has 0 spiro atoms. The fourth-order valence-corrected chi connectivity index (χ4v) is 1.03. The predicted molar refractivity (Wildman–Crippen MR) is 60.6 cm³/mol. The molecule has 0 unspecified atom stereocenters. The van der Waals surface area contributed by atoms with E-state index in [-0.39, 0.29) is 5.91 Å². The van der Waals surface area contributed by atoms with Gasteiger partial charge in [-0.05, 0) is 26.0 Å². The lowest BCUT2D eigenvalue weighted by atomic mass is 10.2. The molecular weight excluding hydrogens is 190 g/mol. The predicted octanol–water partition coefficient (Wildman–Crippen LogP) is 2.48. The zero-order valence-electron chi connectivity index (χ0n) is 8.99. The van der Waals surface area contributed by atoms with Crippen molar-refractivity contribution in [2.45, 2.75) is 13.8 Å². The van der Waals surface area contributed by atoms with E-state index in [0.717, 1.165) is 11.3 Å². The van der Waals surface area contributed by atoms with Crippen LogP contribution in [0.1, 0.15) is 12.5 Å². The average molecular weight is 205 g/mol. The van der Waals surface area contributed by atoms with Crippen LogP contribution in [0.15, 0.2) is 36.6 Å². The summed E-state index contributed by atoms with van der Waals surface area (Å²) in [6.45, 7) is 4.43. The third-order valence-electron chi connectivity index (χ3n) is 1.80. The first-order valence-corrected chi connectivity index (χ1v) is 4.88. The number of anilines is 1. The standard InChI is InChI=1S/C12H15NO2/c1-3-15-9-8-12(14)13-11-6-4-10(2)5-7-11/h4-9H,3H2,1-2H3,(H,13,14)/b9-8-. The van der Waals surface area contributed by atoms with Crippen LogP contribution in [0.3, 0.4) is 0 Å². The van der Waals surface area contributed by atoms with Crippen molar-refractivity contribution < 1.29 is 9.53 Å². The van der Waals surface area contributed by atoms with Crippen molar-refractivity contribution >= 4 is 11.6 Å². The topological polar surface area (TPSA) is 38.3 Å². The molecule has 0 atom stereocenters. The highest BCUT2D eigenvalue weighted by Gasteiger charge is 1.96. The summed E-state index contributed by atoms with van der Waals surface area (Å²) in [5.41, 5.74) is 1.95. The molecule has 0 aliphatic heterocycles. The average Bonchev–Trinajstić information content (AvgIpc) is 2.22. The van der Waals surface area contributed by atoms with Gasteiger partial charge in [0.15, 0.2) is 0 Å². The van der Waals surface area contributed by atoms with Crippen molar-refractivity contribution in [1.82, 2.24) is 0 Å². The van der Waals surface area contributed by atoms with Gasteiger partial charge in [0.25, 0.3) is 5.91 Å². The minimum Gasteiger partial charge on any atom is -0.501 e. The van der Waals surface area contributed by atoms with Gasteiger partial charge in [-0.15, -0.1) is 0 Å². The molecule has 3 heteroatoms. The van der Waals surface area contributed by atoms with Gasteiger partial charge in [-0.2, -0.15) is 0 Å². The van der Waals surface area contributed by atoms with E-state index in [1.165, 1.54) is 12.3 Å². The van der Waals surface area contributed by atoms with Crippen LogP contribution >= 0.6 is 0 Å². The van der Waals surface area contributed by atoms with Crippen LogP contribution in [0.5, 0.6) is 0 Å². The summed E-state index contributed by atoms with van der Waals surface area (Å²) in [6.07, 6.45) is 2.76. The molecule has 0 aromatic heterocycles. The van der Waals surface area contributed by atoms with E-state index in [2.05, 4.69) is 5.32 Å². The van der Waals surface area contributed by atoms with E-state index in [0.29, 0.717) is 6.61 Å². The molecule has 0 fully saturated rings. The van der Waals surface area contributed by atoms with E-state index in [4.69, 9.17) is 4.74 Å². The van der Waals surface area contributed by atoms with Gasteiger partial charge in [0.05, 0.1) is 12.9 Å². The van der Waals surface area contributed by atoms with Crippen LogP contribution in [0.25, 0.3) is 0 Å². The van der Waals surface area contributed by atoms with E-state index in [1.54, 1.807) is 0 Å². The fourth-order valence-electron chi connectivity index (χ4n) is 1.03. The normalized spacial score (nSPS) is 10.3. The Morgan fingerprint density at radius 3 is 2.67 bits per heavy atom. The number of carbonyl (C=O) groups is 1. The summed E-state index contributed by atoms with van der Waals surface area (Å²) >= 11 is 0. The summed E-state index contributed by atoms with van der Waals surface area (Å²) in [5, 5.41) is 2.72. The number of rotatable bonds is 4. The summed E-state index contributed by atoms with van der Waals surface area (Å²) in [6, 6.07) is 7.62. The molecule has 0 heterocycles. The molecule has 0 saturated heterocycles. The molecule has 1 N–H and O–H groups in total. The minimum absolute atomic E-state index is 0.188. The molecule has 1 rings (SSSR count). The molecule has 0 bridgehead atoms. The number of nitrogens with one attached hydrogen (secondary N) is 1. The molecule has 15 heavy (non-hydrogen) atoms. The maximum atomic E-state index is 11.3. The van der Waals surface area contributed by atoms with Crippen molar-refractivity contribution in [3.8, 4) is 0 Å². The van der Waals surface area contributed by atoms with Gasteiger partial charge in [-0.1, -0.05) is 17.7 Å². The van der Waals surface area contributed by atoms with Gasteiger partial charge in [0.1, 0.15) is 0 Å².